The van der Waals surface area contributed by atoms with E-state index in [0.29, 0.717) is 0 Å². The number of rotatable bonds is 9. The van der Waals surface area contributed by atoms with Gasteiger partial charge in [-0.15, -0.1) is 6.58 Å². The van der Waals surface area contributed by atoms with Gasteiger partial charge in [-0.2, -0.15) is 0 Å². The van der Waals surface area contributed by atoms with Gasteiger partial charge >= 0.3 is 0 Å². The van der Waals surface area contributed by atoms with Crippen molar-refractivity contribution < 1.29 is 0 Å². The lowest BCUT2D eigenvalue weighted by atomic mass is 10.0. The maximum Gasteiger partial charge on any atom is -0.00464 e. The van der Waals surface area contributed by atoms with E-state index in [9.17, 15) is 0 Å². The van der Waals surface area contributed by atoms with Crippen molar-refractivity contribution in [3.05, 3.63) is 12.7 Å². The first-order valence-electron chi connectivity index (χ1n) is 5.62. The van der Waals surface area contributed by atoms with Crippen molar-refractivity contribution in [3.8, 4) is 0 Å². The largest absolute Gasteiger partial charge is 0.317 e. The van der Waals surface area contributed by atoms with Crippen LogP contribution in [0.4, 0.5) is 0 Å². The quantitative estimate of drug-likeness (QED) is 0.427. The van der Waals surface area contributed by atoms with E-state index >= 15 is 0 Å². The predicted molar refractivity (Wildman–Crippen MR) is 61.0 cm³/mol. The fourth-order valence-corrected chi connectivity index (χ4v) is 1.41. The van der Waals surface area contributed by atoms with Crippen molar-refractivity contribution >= 4 is 0 Å². The number of unbranched alkanes of at least 4 members (excludes halogenated alkanes) is 1. The molecule has 0 spiro atoms. The molecule has 78 valence electrons. The molecule has 0 fully saturated rings. The molecule has 0 rings (SSSR count). The summed E-state index contributed by atoms with van der Waals surface area (Å²) in [5.74, 6) is 0.865. The molecule has 1 unspecified atom stereocenters. The van der Waals surface area contributed by atoms with Crippen molar-refractivity contribution in [1.29, 1.82) is 0 Å². The number of hydrogen-bond donors (Lipinski definition) is 1. The average Bonchev–Trinajstić information content (AvgIpc) is 2.13. The summed E-state index contributed by atoms with van der Waals surface area (Å²) in [5.41, 5.74) is 0. The van der Waals surface area contributed by atoms with Gasteiger partial charge in [0.2, 0.25) is 0 Å². The van der Waals surface area contributed by atoms with E-state index in [-0.39, 0.29) is 0 Å². The van der Waals surface area contributed by atoms with Crippen LogP contribution in [0.25, 0.3) is 0 Å². The van der Waals surface area contributed by atoms with E-state index in [1.807, 2.05) is 6.08 Å². The highest BCUT2D eigenvalue weighted by Gasteiger charge is 1.99. The molecule has 0 saturated heterocycles. The SMILES string of the molecule is C=CCCCC(C)CCNCCC. The molecule has 1 N–H and O–H groups in total. The zero-order valence-electron chi connectivity index (χ0n) is 9.31. The van der Waals surface area contributed by atoms with E-state index in [2.05, 4.69) is 25.7 Å². The molecular weight excluding hydrogens is 158 g/mol. The van der Waals surface area contributed by atoms with Gasteiger partial charge in [0, 0.05) is 0 Å². The van der Waals surface area contributed by atoms with Crippen molar-refractivity contribution in [3.63, 3.8) is 0 Å². The van der Waals surface area contributed by atoms with Crippen LogP contribution in [0.5, 0.6) is 0 Å². The van der Waals surface area contributed by atoms with E-state index in [1.165, 1.54) is 45.2 Å². The molecular formula is C12H25N. The normalized spacial score (nSPS) is 12.8. The monoisotopic (exact) mass is 183 g/mol. The summed E-state index contributed by atoms with van der Waals surface area (Å²) in [6, 6.07) is 0. The molecule has 13 heavy (non-hydrogen) atoms. The van der Waals surface area contributed by atoms with Gasteiger partial charge in [0.25, 0.3) is 0 Å². The molecule has 0 aliphatic carbocycles. The summed E-state index contributed by atoms with van der Waals surface area (Å²) >= 11 is 0. The molecule has 1 heteroatoms. The second-order valence-electron chi connectivity index (χ2n) is 3.86. The molecule has 0 amide bonds. The second-order valence-corrected chi connectivity index (χ2v) is 3.86. The van der Waals surface area contributed by atoms with E-state index in [0.717, 1.165) is 5.92 Å². The van der Waals surface area contributed by atoms with Gasteiger partial charge in [0.15, 0.2) is 0 Å². The number of hydrogen-bond acceptors (Lipinski definition) is 1. The summed E-state index contributed by atoms with van der Waals surface area (Å²) in [4.78, 5) is 0. The summed E-state index contributed by atoms with van der Waals surface area (Å²) in [7, 11) is 0. The number of nitrogens with one attached hydrogen (secondary N) is 1. The molecule has 1 nitrogen and oxygen atoms in total. The van der Waals surface area contributed by atoms with Crippen molar-refractivity contribution in [2.75, 3.05) is 13.1 Å². The van der Waals surface area contributed by atoms with Crippen LogP contribution in [0, 0.1) is 5.92 Å². The van der Waals surface area contributed by atoms with Gasteiger partial charge in [-0.05, 0) is 44.7 Å². The zero-order valence-corrected chi connectivity index (χ0v) is 9.31. The molecule has 0 radical (unpaired) electrons. The first-order chi connectivity index (χ1) is 6.31. The molecule has 0 saturated carbocycles. The minimum atomic E-state index is 0.865. The Balaban J connectivity index is 3.09. The lowest BCUT2D eigenvalue weighted by molar-refractivity contribution is 0.458. The molecule has 0 aliphatic rings. The summed E-state index contributed by atoms with van der Waals surface area (Å²) < 4.78 is 0. The van der Waals surface area contributed by atoms with E-state index in [4.69, 9.17) is 0 Å². The predicted octanol–water partition coefficient (Wildman–Crippen LogP) is 3.37. The zero-order chi connectivity index (χ0) is 9.94. The van der Waals surface area contributed by atoms with Crippen LogP contribution in [0.1, 0.15) is 46.0 Å². The van der Waals surface area contributed by atoms with Crippen molar-refractivity contribution in [2.45, 2.75) is 46.0 Å². The smallest absolute Gasteiger partial charge is 0.00464 e. The third kappa shape index (κ3) is 9.62. The Hall–Kier alpha value is -0.300. The molecule has 0 heterocycles. The fourth-order valence-electron chi connectivity index (χ4n) is 1.41. The minimum Gasteiger partial charge on any atom is -0.317 e. The highest BCUT2D eigenvalue weighted by atomic mass is 14.8. The molecule has 0 bridgehead atoms. The van der Waals surface area contributed by atoms with Crippen molar-refractivity contribution in [1.82, 2.24) is 5.32 Å². The molecule has 0 aromatic rings. The van der Waals surface area contributed by atoms with Crippen molar-refractivity contribution in [2.24, 2.45) is 5.92 Å². The van der Waals surface area contributed by atoms with Gasteiger partial charge in [-0.1, -0.05) is 26.3 Å². The Morgan fingerprint density at radius 2 is 2.08 bits per heavy atom. The Labute approximate surface area is 83.6 Å². The summed E-state index contributed by atoms with van der Waals surface area (Å²) in [6.07, 6.45) is 8.40. The Kier molecular flexibility index (Phi) is 9.56. The molecule has 0 aliphatic heterocycles. The van der Waals surface area contributed by atoms with Gasteiger partial charge in [0.1, 0.15) is 0 Å². The average molecular weight is 183 g/mol. The van der Waals surface area contributed by atoms with Crippen LogP contribution >= 0.6 is 0 Å². The third-order valence-electron chi connectivity index (χ3n) is 2.35. The third-order valence-corrected chi connectivity index (χ3v) is 2.35. The van der Waals surface area contributed by atoms with E-state index in [1.54, 1.807) is 0 Å². The highest BCUT2D eigenvalue weighted by molar-refractivity contribution is 4.67. The van der Waals surface area contributed by atoms with Crippen LogP contribution < -0.4 is 5.32 Å². The minimum absolute atomic E-state index is 0.865. The Morgan fingerprint density at radius 3 is 2.69 bits per heavy atom. The van der Waals surface area contributed by atoms with E-state index < -0.39 is 0 Å². The summed E-state index contributed by atoms with van der Waals surface area (Å²) in [6.45, 7) is 10.6. The molecule has 0 aromatic heterocycles. The van der Waals surface area contributed by atoms with Gasteiger partial charge in [-0.3, -0.25) is 0 Å². The molecule has 1 atom stereocenters. The van der Waals surface area contributed by atoms with Crippen LogP contribution in [-0.4, -0.2) is 13.1 Å². The second kappa shape index (κ2) is 9.79. The van der Waals surface area contributed by atoms with Gasteiger partial charge < -0.3 is 5.32 Å². The first-order valence-corrected chi connectivity index (χ1v) is 5.62. The van der Waals surface area contributed by atoms with Crippen LogP contribution in [0.3, 0.4) is 0 Å². The Bertz CT molecular complexity index is 110. The maximum absolute atomic E-state index is 3.73. The van der Waals surface area contributed by atoms with Crippen LogP contribution in [0.15, 0.2) is 12.7 Å². The topological polar surface area (TPSA) is 12.0 Å². The fraction of sp³-hybridized carbons (Fsp3) is 0.833. The lowest BCUT2D eigenvalue weighted by Gasteiger charge is -2.10. The standard InChI is InChI=1S/C12H25N/c1-4-6-7-8-12(3)9-11-13-10-5-2/h4,12-13H,1,5-11H2,2-3H3. The number of allylic oxidation sites excluding steroid dienone is 1. The van der Waals surface area contributed by atoms with Gasteiger partial charge in [0.05, 0.1) is 0 Å². The first kappa shape index (κ1) is 12.7. The maximum atomic E-state index is 3.73. The van der Waals surface area contributed by atoms with Crippen LogP contribution in [0.2, 0.25) is 0 Å². The Morgan fingerprint density at radius 1 is 1.31 bits per heavy atom. The highest BCUT2D eigenvalue weighted by Crippen LogP contribution is 2.10. The lowest BCUT2D eigenvalue weighted by Crippen LogP contribution is -2.18. The summed E-state index contributed by atoms with van der Waals surface area (Å²) in [5, 5.41) is 3.44. The van der Waals surface area contributed by atoms with Crippen LogP contribution in [-0.2, 0) is 0 Å². The van der Waals surface area contributed by atoms with Gasteiger partial charge in [-0.25, -0.2) is 0 Å². The molecule has 0 aromatic carbocycles.